The van der Waals surface area contributed by atoms with Gasteiger partial charge in [0.05, 0.1) is 0 Å². The van der Waals surface area contributed by atoms with Gasteiger partial charge in [-0.1, -0.05) is 24.3 Å². The lowest BCUT2D eigenvalue weighted by Gasteiger charge is -2.71. The highest BCUT2D eigenvalue weighted by Crippen LogP contribution is 2.73. The summed E-state index contributed by atoms with van der Waals surface area (Å²) in [7, 11) is 0. The minimum absolute atomic E-state index is 0.136. The van der Waals surface area contributed by atoms with E-state index in [1.807, 2.05) is 12.1 Å². The Kier molecular flexibility index (Phi) is 2.39. The predicted molar refractivity (Wildman–Crippen MR) is 82.8 cm³/mol. The molecule has 2 aromatic rings. The van der Waals surface area contributed by atoms with Crippen molar-refractivity contribution in [2.75, 3.05) is 0 Å². The normalized spacial score (nSPS) is 31.5. The maximum atomic E-state index is 13.0. The first-order chi connectivity index (χ1) is 9.12. The maximum Gasteiger partial charge on any atom is 0.123 e. The van der Waals surface area contributed by atoms with Crippen molar-refractivity contribution in [3.63, 3.8) is 0 Å². The third-order valence-electron chi connectivity index (χ3n) is 4.94. The number of rotatable bonds is 2. The molecule has 0 radical (unpaired) electrons. The first kappa shape index (κ1) is 11.9. The lowest BCUT2D eigenvalue weighted by atomic mass is 9.32. The molecule has 0 amide bonds. The molecule has 0 nitrogen and oxygen atoms in total. The molecule has 0 atom stereocenters. The van der Waals surface area contributed by atoms with Gasteiger partial charge in [0.15, 0.2) is 0 Å². The summed E-state index contributed by atoms with van der Waals surface area (Å²) in [5.74, 6) is -0.136. The monoisotopic (exact) mass is 364 g/mol. The minimum Gasteiger partial charge on any atom is -0.207 e. The van der Waals surface area contributed by atoms with Crippen LogP contribution in [0.25, 0.3) is 0 Å². The van der Waals surface area contributed by atoms with E-state index in [4.69, 9.17) is 0 Å². The summed E-state index contributed by atoms with van der Waals surface area (Å²) in [4.78, 5) is 0. The first-order valence-electron chi connectivity index (χ1n) is 6.64. The molecule has 2 heteroatoms. The lowest BCUT2D eigenvalue weighted by molar-refractivity contribution is -0.0693. The van der Waals surface area contributed by atoms with Crippen LogP contribution in [0.4, 0.5) is 4.39 Å². The van der Waals surface area contributed by atoms with Crippen molar-refractivity contribution in [2.45, 2.75) is 30.1 Å². The second-order valence-electron chi connectivity index (χ2n) is 6.10. The summed E-state index contributed by atoms with van der Waals surface area (Å²) in [6.45, 7) is 0. The van der Waals surface area contributed by atoms with Crippen molar-refractivity contribution in [2.24, 2.45) is 0 Å². The summed E-state index contributed by atoms with van der Waals surface area (Å²) < 4.78 is 14.3. The van der Waals surface area contributed by atoms with Gasteiger partial charge in [-0.3, -0.25) is 0 Å². The predicted octanol–water partition coefficient (Wildman–Crippen LogP) is 4.80. The Balaban J connectivity index is 1.58. The Hall–Kier alpha value is -0.900. The van der Waals surface area contributed by atoms with Gasteiger partial charge >= 0.3 is 0 Å². The Morgan fingerprint density at radius 2 is 1.16 bits per heavy atom. The molecule has 3 aliphatic rings. The molecule has 0 N–H and O–H groups in total. The van der Waals surface area contributed by atoms with Gasteiger partial charge in [-0.05, 0) is 88.1 Å². The molecule has 0 unspecified atom stereocenters. The van der Waals surface area contributed by atoms with Crippen molar-refractivity contribution in [1.29, 1.82) is 0 Å². The minimum atomic E-state index is -0.136. The Morgan fingerprint density at radius 1 is 0.737 bits per heavy atom. The number of hydrogen-bond acceptors (Lipinski definition) is 0. The zero-order valence-electron chi connectivity index (χ0n) is 10.5. The van der Waals surface area contributed by atoms with Gasteiger partial charge in [-0.15, -0.1) is 0 Å². The van der Waals surface area contributed by atoms with E-state index in [9.17, 15) is 4.39 Å². The average molecular weight is 364 g/mol. The van der Waals surface area contributed by atoms with Crippen LogP contribution in [0.1, 0.15) is 30.4 Å². The molecular formula is C17H14FI. The van der Waals surface area contributed by atoms with Gasteiger partial charge in [0.1, 0.15) is 5.82 Å². The second kappa shape index (κ2) is 3.81. The van der Waals surface area contributed by atoms with Gasteiger partial charge in [0, 0.05) is 3.57 Å². The molecule has 2 aromatic carbocycles. The molecule has 2 bridgehead atoms. The van der Waals surface area contributed by atoms with Crippen molar-refractivity contribution < 1.29 is 4.39 Å². The van der Waals surface area contributed by atoms with Crippen LogP contribution in [0.5, 0.6) is 0 Å². The first-order valence-corrected chi connectivity index (χ1v) is 7.72. The zero-order chi connectivity index (χ0) is 13.1. The fourth-order valence-corrected chi connectivity index (χ4v) is 4.37. The summed E-state index contributed by atoms with van der Waals surface area (Å²) in [6.07, 6.45) is 3.69. The third kappa shape index (κ3) is 1.62. The Morgan fingerprint density at radius 3 is 1.63 bits per heavy atom. The van der Waals surface area contributed by atoms with Crippen LogP contribution in [-0.4, -0.2) is 0 Å². The van der Waals surface area contributed by atoms with Crippen LogP contribution in [0.15, 0.2) is 48.5 Å². The van der Waals surface area contributed by atoms with E-state index in [0.29, 0.717) is 10.8 Å². The molecule has 0 saturated heterocycles. The second-order valence-corrected chi connectivity index (χ2v) is 7.35. The zero-order valence-corrected chi connectivity index (χ0v) is 12.7. The topological polar surface area (TPSA) is 0 Å². The number of halogens is 2. The fourth-order valence-electron chi connectivity index (χ4n) is 4.01. The number of hydrogen-bond donors (Lipinski definition) is 0. The average Bonchev–Trinajstić information content (AvgIpc) is 2.31. The quantitative estimate of drug-likeness (QED) is 0.672. The maximum absolute atomic E-state index is 13.0. The largest absolute Gasteiger partial charge is 0.207 e. The molecule has 0 aromatic heterocycles. The van der Waals surface area contributed by atoms with Crippen LogP contribution in [-0.2, 0) is 10.8 Å². The molecule has 3 fully saturated rings. The molecule has 19 heavy (non-hydrogen) atoms. The highest BCUT2D eigenvalue weighted by Gasteiger charge is 2.68. The van der Waals surface area contributed by atoms with Gasteiger partial charge in [0.2, 0.25) is 0 Å². The molecular weight excluding hydrogens is 350 g/mol. The smallest absolute Gasteiger partial charge is 0.123 e. The van der Waals surface area contributed by atoms with E-state index in [0.717, 1.165) is 0 Å². The van der Waals surface area contributed by atoms with Crippen LogP contribution < -0.4 is 0 Å². The van der Waals surface area contributed by atoms with E-state index < -0.39 is 0 Å². The van der Waals surface area contributed by atoms with Crippen molar-refractivity contribution in [3.8, 4) is 0 Å². The van der Waals surface area contributed by atoms with Gasteiger partial charge in [0.25, 0.3) is 0 Å². The van der Waals surface area contributed by atoms with E-state index in [-0.39, 0.29) is 5.82 Å². The fraction of sp³-hybridized carbons (Fsp3) is 0.294. The van der Waals surface area contributed by atoms with Crippen LogP contribution in [0.2, 0.25) is 0 Å². The number of benzene rings is 2. The molecule has 0 heterocycles. The SMILES string of the molecule is Fc1ccc(C23CC(c4ccc(I)cc4)(C2)C3)cc1. The van der Waals surface area contributed by atoms with Crippen molar-refractivity contribution >= 4 is 22.6 Å². The van der Waals surface area contributed by atoms with Crippen LogP contribution in [0.3, 0.4) is 0 Å². The highest BCUT2D eigenvalue weighted by atomic mass is 127. The molecule has 0 aliphatic heterocycles. The Bertz CT molecular complexity index is 552. The van der Waals surface area contributed by atoms with E-state index >= 15 is 0 Å². The summed E-state index contributed by atoms with van der Waals surface area (Å²) in [5.41, 5.74) is 3.56. The van der Waals surface area contributed by atoms with Gasteiger partial charge in [-0.25, -0.2) is 4.39 Å². The van der Waals surface area contributed by atoms with Crippen LogP contribution >= 0.6 is 22.6 Å². The molecule has 3 aliphatic carbocycles. The summed E-state index contributed by atoms with van der Waals surface area (Å²) >= 11 is 2.35. The highest BCUT2D eigenvalue weighted by molar-refractivity contribution is 14.1. The molecule has 3 saturated carbocycles. The summed E-state index contributed by atoms with van der Waals surface area (Å²) in [5, 5.41) is 0. The Labute approximate surface area is 126 Å². The van der Waals surface area contributed by atoms with E-state index in [2.05, 4.69) is 46.9 Å². The molecule has 5 rings (SSSR count). The lowest BCUT2D eigenvalue weighted by Crippen LogP contribution is -2.67. The third-order valence-corrected chi connectivity index (χ3v) is 5.66. The molecule has 0 spiro atoms. The van der Waals surface area contributed by atoms with Crippen molar-refractivity contribution in [1.82, 2.24) is 0 Å². The van der Waals surface area contributed by atoms with Crippen LogP contribution in [0, 0.1) is 9.39 Å². The van der Waals surface area contributed by atoms with Gasteiger partial charge in [-0.2, -0.15) is 0 Å². The molecule has 96 valence electrons. The van der Waals surface area contributed by atoms with Crippen molar-refractivity contribution in [3.05, 3.63) is 69.0 Å². The van der Waals surface area contributed by atoms with Gasteiger partial charge < -0.3 is 0 Å². The van der Waals surface area contributed by atoms with E-state index in [1.165, 1.54) is 34.0 Å². The summed E-state index contributed by atoms with van der Waals surface area (Å²) in [6, 6.07) is 16.0. The van der Waals surface area contributed by atoms with E-state index in [1.54, 1.807) is 12.1 Å². The standard InChI is InChI=1S/C17H14FI/c18-14-5-1-12(2-6-14)16-9-17(10-16,11-16)13-3-7-15(19)8-4-13/h1-8H,9-11H2.